The van der Waals surface area contributed by atoms with Crippen molar-refractivity contribution < 1.29 is 22.7 Å². The van der Waals surface area contributed by atoms with Gasteiger partial charge in [0.25, 0.3) is 5.91 Å². The number of nitrogens with two attached hydrogens (primary N) is 1. The second-order valence-electron chi connectivity index (χ2n) is 4.28. The van der Waals surface area contributed by atoms with Crippen LogP contribution in [-0.4, -0.2) is 22.8 Å². The number of primary amides is 1. The molecule has 0 saturated heterocycles. The van der Waals surface area contributed by atoms with Crippen LogP contribution in [0, 0.1) is 0 Å². The Kier molecular flexibility index (Phi) is 9.33. The smallest absolute Gasteiger partial charge is 0.435 e. The van der Waals surface area contributed by atoms with Gasteiger partial charge in [-0.05, 0) is 17.7 Å². The number of rotatable bonds is 4. The molecule has 0 unspecified atom stereocenters. The van der Waals surface area contributed by atoms with Crippen molar-refractivity contribution >= 4 is 5.91 Å². The predicted octanol–water partition coefficient (Wildman–Crippen LogP) is 4.11. The fourth-order valence-corrected chi connectivity index (χ4v) is 1.78. The molecule has 0 aliphatic heterocycles. The number of carbonyl (C=O) groups excluding carboxylic acids is 1. The maximum atomic E-state index is 12.6. The number of carbonyl (C=O) groups is 1. The van der Waals surface area contributed by atoms with Crippen molar-refractivity contribution in [2.24, 2.45) is 5.73 Å². The van der Waals surface area contributed by atoms with Gasteiger partial charge in [-0.1, -0.05) is 39.8 Å². The summed E-state index contributed by atoms with van der Waals surface area (Å²) in [5.74, 6) is -0.350. The molecule has 0 bridgehead atoms. The molecule has 0 spiro atoms. The van der Waals surface area contributed by atoms with E-state index in [2.05, 4.69) is 5.10 Å². The third-order valence-electron chi connectivity index (χ3n) is 2.81. The second-order valence-corrected chi connectivity index (χ2v) is 4.28. The van der Waals surface area contributed by atoms with Gasteiger partial charge in [0.2, 0.25) is 0 Å². The average Bonchev–Trinajstić information content (AvgIpc) is 3.04. The van der Waals surface area contributed by atoms with Crippen molar-refractivity contribution in [1.29, 1.82) is 0 Å². The molecule has 1 aromatic heterocycles. The van der Waals surface area contributed by atoms with Gasteiger partial charge < -0.3 is 10.5 Å². The molecule has 0 atom stereocenters. The van der Waals surface area contributed by atoms with Crippen molar-refractivity contribution in [3.05, 3.63) is 47.3 Å². The number of benzene rings is 1. The highest BCUT2D eigenvalue weighted by Crippen LogP contribution is 2.28. The van der Waals surface area contributed by atoms with Gasteiger partial charge in [0.15, 0.2) is 5.69 Å². The number of hydrogen-bond donors (Lipinski definition) is 1. The molecule has 8 heteroatoms. The zero-order valence-electron chi connectivity index (χ0n) is 15.0. The Hall–Kier alpha value is -2.51. The lowest BCUT2D eigenvalue weighted by molar-refractivity contribution is -0.141. The fourth-order valence-electron chi connectivity index (χ4n) is 1.78. The van der Waals surface area contributed by atoms with Gasteiger partial charge in [0.05, 0.1) is 13.7 Å². The average molecular weight is 359 g/mol. The highest BCUT2D eigenvalue weighted by atomic mass is 19.4. The lowest BCUT2D eigenvalue weighted by Crippen LogP contribution is -2.18. The van der Waals surface area contributed by atoms with Gasteiger partial charge in [-0.15, -0.1) is 0 Å². The number of aromatic nitrogens is 2. The normalized spacial score (nSPS) is 10.1. The third kappa shape index (κ3) is 6.48. The van der Waals surface area contributed by atoms with E-state index in [1.165, 1.54) is 7.11 Å². The summed E-state index contributed by atoms with van der Waals surface area (Å²) in [7, 11) is 1.50. The first-order valence-electron chi connectivity index (χ1n) is 7.89. The van der Waals surface area contributed by atoms with Crippen LogP contribution < -0.4 is 10.5 Å². The molecule has 1 heterocycles. The molecular weight excluding hydrogens is 335 g/mol. The molecular formula is C17H24F3N3O2. The van der Waals surface area contributed by atoms with Gasteiger partial charge >= 0.3 is 6.18 Å². The summed E-state index contributed by atoms with van der Waals surface area (Å²) in [6.45, 7) is 8.00. The molecule has 0 saturated carbocycles. The van der Waals surface area contributed by atoms with E-state index in [0.29, 0.717) is 17.4 Å². The number of hydrogen-bond acceptors (Lipinski definition) is 3. The Morgan fingerprint density at radius 1 is 1.16 bits per heavy atom. The van der Waals surface area contributed by atoms with Gasteiger partial charge in [-0.3, -0.25) is 9.48 Å². The lowest BCUT2D eigenvalue weighted by Gasteiger charge is -2.06. The Labute approximate surface area is 145 Å². The number of methoxy groups -OCH3 is 1. The van der Waals surface area contributed by atoms with Crippen LogP contribution in [0.2, 0.25) is 0 Å². The molecule has 2 rings (SSSR count). The molecule has 0 aliphatic rings. The van der Waals surface area contributed by atoms with E-state index >= 15 is 0 Å². The SMILES string of the molecule is CC.CC.COc1ccc(Cn2nc(C(F)(F)F)cc2C(N)=O)cc1. The Morgan fingerprint density at radius 3 is 2.08 bits per heavy atom. The molecule has 0 fully saturated rings. The topological polar surface area (TPSA) is 70.1 Å². The van der Waals surface area contributed by atoms with Crippen LogP contribution in [0.15, 0.2) is 30.3 Å². The van der Waals surface area contributed by atoms with Crippen molar-refractivity contribution in [1.82, 2.24) is 9.78 Å². The van der Waals surface area contributed by atoms with Gasteiger partial charge in [0, 0.05) is 6.07 Å². The summed E-state index contributed by atoms with van der Waals surface area (Å²) in [6.07, 6.45) is -4.63. The first-order valence-corrected chi connectivity index (χ1v) is 7.89. The zero-order valence-corrected chi connectivity index (χ0v) is 15.0. The molecule has 25 heavy (non-hydrogen) atoms. The zero-order chi connectivity index (χ0) is 19.6. The number of amides is 1. The Bertz CT molecular complexity index is 650. The maximum Gasteiger partial charge on any atom is 0.435 e. The van der Waals surface area contributed by atoms with Gasteiger partial charge in [0.1, 0.15) is 11.4 Å². The number of nitrogens with zero attached hydrogens (tertiary/aromatic N) is 2. The second kappa shape index (κ2) is 10.4. The van der Waals surface area contributed by atoms with E-state index in [1.54, 1.807) is 24.3 Å². The van der Waals surface area contributed by atoms with Crippen molar-refractivity contribution in [3.8, 4) is 5.75 Å². The van der Waals surface area contributed by atoms with Crippen LogP contribution in [0.4, 0.5) is 13.2 Å². The highest BCUT2D eigenvalue weighted by molar-refractivity contribution is 5.91. The summed E-state index contributed by atoms with van der Waals surface area (Å²) < 4.78 is 43.8. The molecule has 140 valence electrons. The van der Waals surface area contributed by atoms with Gasteiger partial charge in [-0.25, -0.2) is 0 Å². The van der Waals surface area contributed by atoms with E-state index in [4.69, 9.17) is 10.5 Å². The predicted molar refractivity (Wildman–Crippen MR) is 90.5 cm³/mol. The fraction of sp³-hybridized carbons (Fsp3) is 0.412. The van der Waals surface area contributed by atoms with Crippen LogP contribution in [0.25, 0.3) is 0 Å². The molecule has 2 N–H and O–H groups in total. The largest absolute Gasteiger partial charge is 0.497 e. The summed E-state index contributed by atoms with van der Waals surface area (Å²) in [5, 5.41) is 3.40. The van der Waals surface area contributed by atoms with E-state index in [9.17, 15) is 18.0 Å². The van der Waals surface area contributed by atoms with Crippen LogP contribution >= 0.6 is 0 Å². The quantitative estimate of drug-likeness (QED) is 0.893. The molecule has 1 amide bonds. The van der Waals surface area contributed by atoms with E-state index in [-0.39, 0.29) is 12.2 Å². The van der Waals surface area contributed by atoms with Crippen LogP contribution in [-0.2, 0) is 12.7 Å². The number of ether oxygens (including phenoxy) is 1. The van der Waals surface area contributed by atoms with Crippen molar-refractivity contribution in [2.75, 3.05) is 7.11 Å². The lowest BCUT2D eigenvalue weighted by atomic mass is 10.2. The summed E-state index contributed by atoms with van der Waals surface area (Å²) in [5.41, 5.74) is 4.30. The number of halogens is 3. The Morgan fingerprint density at radius 2 is 1.68 bits per heavy atom. The van der Waals surface area contributed by atoms with Crippen molar-refractivity contribution in [3.63, 3.8) is 0 Å². The minimum absolute atomic E-state index is 0.00164. The molecule has 0 radical (unpaired) electrons. The molecule has 5 nitrogen and oxygen atoms in total. The highest BCUT2D eigenvalue weighted by Gasteiger charge is 2.35. The monoisotopic (exact) mass is 359 g/mol. The van der Waals surface area contributed by atoms with Crippen LogP contribution in [0.1, 0.15) is 49.4 Å². The van der Waals surface area contributed by atoms with Gasteiger partial charge in [-0.2, -0.15) is 18.3 Å². The first kappa shape index (κ1) is 22.5. The minimum atomic E-state index is -4.63. The maximum absolute atomic E-state index is 12.6. The molecule has 2 aromatic rings. The van der Waals surface area contributed by atoms with Crippen LogP contribution in [0.5, 0.6) is 5.75 Å². The standard InChI is InChI=1S/C13H12F3N3O2.2C2H6/c1-21-9-4-2-8(3-5-9)7-19-10(12(17)20)6-11(18-19)13(14,15)16;2*1-2/h2-6H,7H2,1H3,(H2,17,20);2*1-2H3. The van der Waals surface area contributed by atoms with Crippen molar-refractivity contribution in [2.45, 2.75) is 40.4 Å². The van der Waals surface area contributed by atoms with Crippen LogP contribution in [0.3, 0.4) is 0 Å². The third-order valence-corrected chi connectivity index (χ3v) is 2.81. The molecule has 1 aromatic carbocycles. The summed E-state index contributed by atoms with van der Waals surface area (Å²) >= 11 is 0. The summed E-state index contributed by atoms with van der Waals surface area (Å²) in [4.78, 5) is 11.2. The summed E-state index contributed by atoms with van der Waals surface area (Å²) in [6, 6.07) is 7.30. The molecule has 0 aliphatic carbocycles. The van der Waals surface area contributed by atoms with E-state index in [1.807, 2.05) is 27.7 Å². The minimum Gasteiger partial charge on any atom is -0.497 e. The Balaban J connectivity index is 0.00000134. The van der Waals surface area contributed by atoms with E-state index < -0.39 is 17.8 Å². The number of alkyl halides is 3. The van der Waals surface area contributed by atoms with E-state index in [0.717, 1.165) is 4.68 Å². The first-order chi connectivity index (χ1) is 11.8.